The molecule has 2 aliphatic rings. The largest absolute Gasteiger partial charge is 0.486 e. The Bertz CT molecular complexity index is 388. The van der Waals surface area contributed by atoms with Gasteiger partial charge < -0.3 is 15.2 Å². The van der Waals surface area contributed by atoms with Crippen LogP contribution in [0.2, 0.25) is 0 Å². The third-order valence-corrected chi connectivity index (χ3v) is 3.28. The number of ether oxygens (including phenoxy) is 2. The maximum atomic E-state index is 6.17. The first kappa shape index (κ1) is 9.97. The SMILES string of the molecule is N[C@H](CC1CC1)c1ccc2c(c1)OCCO2. The molecule has 3 nitrogen and oxygen atoms in total. The first-order valence-electron chi connectivity index (χ1n) is 5.98. The molecule has 3 heteroatoms. The van der Waals surface area contributed by atoms with Gasteiger partial charge in [-0.3, -0.25) is 0 Å². The number of rotatable bonds is 3. The molecule has 0 amide bonds. The number of hydrogen-bond donors (Lipinski definition) is 1. The third-order valence-electron chi connectivity index (χ3n) is 3.28. The van der Waals surface area contributed by atoms with Gasteiger partial charge in [0, 0.05) is 6.04 Å². The van der Waals surface area contributed by atoms with Crippen LogP contribution in [0.1, 0.15) is 30.9 Å². The van der Waals surface area contributed by atoms with E-state index >= 15 is 0 Å². The molecule has 1 saturated carbocycles. The van der Waals surface area contributed by atoms with Gasteiger partial charge in [-0.15, -0.1) is 0 Å². The summed E-state index contributed by atoms with van der Waals surface area (Å²) in [6, 6.07) is 6.20. The Balaban J connectivity index is 1.78. The molecule has 1 heterocycles. The number of hydrogen-bond acceptors (Lipinski definition) is 3. The Morgan fingerprint density at radius 3 is 2.69 bits per heavy atom. The van der Waals surface area contributed by atoms with E-state index in [1.54, 1.807) is 0 Å². The van der Waals surface area contributed by atoms with Gasteiger partial charge in [0.2, 0.25) is 0 Å². The average Bonchev–Trinajstić information content (AvgIpc) is 3.12. The van der Waals surface area contributed by atoms with Gasteiger partial charge in [-0.05, 0) is 30.0 Å². The molecule has 1 aromatic carbocycles. The van der Waals surface area contributed by atoms with E-state index in [1.807, 2.05) is 12.1 Å². The predicted molar refractivity (Wildman–Crippen MR) is 61.7 cm³/mol. The van der Waals surface area contributed by atoms with Gasteiger partial charge in [-0.2, -0.15) is 0 Å². The summed E-state index contributed by atoms with van der Waals surface area (Å²) in [5.74, 6) is 2.53. The standard InChI is InChI=1S/C13H17NO2/c14-11(7-9-1-2-9)10-3-4-12-13(8-10)16-6-5-15-12/h3-4,8-9,11H,1-2,5-7,14H2/t11-/m1/s1. The quantitative estimate of drug-likeness (QED) is 0.848. The van der Waals surface area contributed by atoms with Crippen LogP contribution in [-0.4, -0.2) is 13.2 Å². The molecule has 1 fully saturated rings. The fourth-order valence-electron chi connectivity index (χ4n) is 2.14. The van der Waals surface area contributed by atoms with E-state index in [4.69, 9.17) is 15.2 Å². The van der Waals surface area contributed by atoms with E-state index in [1.165, 1.54) is 12.8 Å². The molecular weight excluding hydrogens is 202 g/mol. The molecule has 0 aromatic heterocycles. The molecule has 0 unspecified atom stereocenters. The summed E-state index contributed by atoms with van der Waals surface area (Å²) in [5, 5.41) is 0. The Morgan fingerprint density at radius 2 is 1.94 bits per heavy atom. The molecule has 1 aliphatic carbocycles. The van der Waals surface area contributed by atoms with E-state index < -0.39 is 0 Å². The topological polar surface area (TPSA) is 44.5 Å². The monoisotopic (exact) mass is 219 g/mol. The summed E-state index contributed by atoms with van der Waals surface area (Å²) >= 11 is 0. The fraction of sp³-hybridized carbons (Fsp3) is 0.538. The molecule has 0 bridgehead atoms. The highest BCUT2D eigenvalue weighted by molar-refractivity contribution is 5.44. The summed E-state index contributed by atoms with van der Waals surface area (Å²) in [4.78, 5) is 0. The van der Waals surface area contributed by atoms with E-state index in [9.17, 15) is 0 Å². The van der Waals surface area contributed by atoms with Crippen LogP contribution in [0.3, 0.4) is 0 Å². The van der Waals surface area contributed by atoms with Crippen LogP contribution >= 0.6 is 0 Å². The molecule has 0 spiro atoms. The molecule has 0 saturated heterocycles. The lowest BCUT2D eigenvalue weighted by molar-refractivity contribution is 0.171. The minimum atomic E-state index is 0.142. The van der Waals surface area contributed by atoms with E-state index in [0.29, 0.717) is 13.2 Å². The molecule has 16 heavy (non-hydrogen) atoms. The van der Waals surface area contributed by atoms with Gasteiger partial charge in [0.25, 0.3) is 0 Å². The minimum Gasteiger partial charge on any atom is -0.486 e. The fourth-order valence-corrected chi connectivity index (χ4v) is 2.14. The van der Waals surface area contributed by atoms with Crippen LogP contribution in [0.15, 0.2) is 18.2 Å². The molecule has 1 aliphatic heterocycles. The smallest absolute Gasteiger partial charge is 0.161 e. The highest BCUT2D eigenvalue weighted by atomic mass is 16.6. The van der Waals surface area contributed by atoms with Crippen molar-refractivity contribution in [1.82, 2.24) is 0 Å². The minimum absolute atomic E-state index is 0.142. The summed E-state index contributed by atoms with van der Waals surface area (Å²) in [6.45, 7) is 1.27. The lowest BCUT2D eigenvalue weighted by atomic mass is 10.0. The molecule has 1 aromatic rings. The lowest BCUT2D eigenvalue weighted by Crippen LogP contribution is -2.17. The molecule has 86 valence electrons. The Kier molecular flexibility index (Phi) is 2.48. The number of nitrogens with two attached hydrogens (primary N) is 1. The van der Waals surface area contributed by atoms with Crippen molar-refractivity contribution in [2.24, 2.45) is 11.7 Å². The second-order valence-corrected chi connectivity index (χ2v) is 4.69. The van der Waals surface area contributed by atoms with Crippen molar-refractivity contribution in [1.29, 1.82) is 0 Å². The van der Waals surface area contributed by atoms with Crippen molar-refractivity contribution in [3.8, 4) is 11.5 Å². The highest BCUT2D eigenvalue weighted by Gasteiger charge is 2.25. The predicted octanol–water partition coefficient (Wildman–Crippen LogP) is 2.26. The number of benzene rings is 1. The van der Waals surface area contributed by atoms with Gasteiger partial charge in [-0.25, -0.2) is 0 Å². The van der Waals surface area contributed by atoms with Crippen LogP contribution in [0.25, 0.3) is 0 Å². The van der Waals surface area contributed by atoms with Gasteiger partial charge in [0.15, 0.2) is 11.5 Å². The molecular formula is C13H17NO2. The van der Waals surface area contributed by atoms with Crippen LogP contribution in [0.5, 0.6) is 11.5 Å². The first-order chi connectivity index (χ1) is 7.83. The third kappa shape index (κ3) is 2.00. The average molecular weight is 219 g/mol. The zero-order valence-electron chi connectivity index (χ0n) is 9.32. The summed E-state index contributed by atoms with van der Waals surface area (Å²) in [6.07, 6.45) is 3.79. The summed E-state index contributed by atoms with van der Waals surface area (Å²) in [5.41, 5.74) is 7.34. The van der Waals surface area contributed by atoms with Crippen LogP contribution in [0, 0.1) is 5.92 Å². The highest BCUT2D eigenvalue weighted by Crippen LogP contribution is 2.38. The molecule has 1 atom stereocenters. The maximum Gasteiger partial charge on any atom is 0.161 e. The van der Waals surface area contributed by atoms with Gasteiger partial charge in [0.1, 0.15) is 13.2 Å². The van der Waals surface area contributed by atoms with Crippen molar-refractivity contribution >= 4 is 0 Å². The molecule has 0 radical (unpaired) electrons. The van der Waals surface area contributed by atoms with Crippen molar-refractivity contribution in [3.05, 3.63) is 23.8 Å². The van der Waals surface area contributed by atoms with Crippen LogP contribution < -0.4 is 15.2 Å². The zero-order chi connectivity index (χ0) is 11.0. The van der Waals surface area contributed by atoms with Crippen molar-refractivity contribution < 1.29 is 9.47 Å². The van der Waals surface area contributed by atoms with E-state index in [-0.39, 0.29) is 6.04 Å². The summed E-state index contributed by atoms with van der Waals surface area (Å²) < 4.78 is 11.0. The first-order valence-corrected chi connectivity index (χ1v) is 5.98. The van der Waals surface area contributed by atoms with E-state index in [0.717, 1.165) is 29.4 Å². The Labute approximate surface area is 95.5 Å². The van der Waals surface area contributed by atoms with Gasteiger partial charge >= 0.3 is 0 Å². The lowest BCUT2D eigenvalue weighted by Gasteiger charge is -2.20. The van der Waals surface area contributed by atoms with E-state index in [2.05, 4.69) is 6.07 Å². The normalized spacial score (nSPS) is 20.6. The molecule has 2 N–H and O–H groups in total. The van der Waals surface area contributed by atoms with Crippen molar-refractivity contribution in [2.75, 3.05) is 13.2 Å². The maximum absolute atomic E-state index is 6.17. The second-order valence-electron chi connectivity index (χ2n) is 4.69. The second kappa shape index (κ2) is 3.98. The Morgan fingerprint density at radius 1 is 1.19 bits per heavy atom. The van der Waals surface area contributed by atoms with Crippen LogP contribution in [0.4, 0.5) is 0 Å². The summed E-state index contributed by atoms with van der Waals surface area (Å²) in [7, 11) is 0. The number of fused-ring (bicyclic) bond motifs is 1. The van der Waals surface area contributed by atoms with Crippen molar-refractivity contribution in [2.45, 2.75) is 25.3 Å². The van der Waals surface area contributed by atoms with Crippen molar-refractivity contribution in [3.63, 3.8) is 0 Å². The van der Waals surface area contributed by atoms with Crippen LogP contribution in [-0.2, 0) is 0 Å². The van der Waals surface area contributed by atoms with Gasteiger partial charge in [-0.1, -0.05) is 18.9 Å². The Hall–Kier alpha value is -1.22. The van der Waals surface area contributed by atoms with Gasteiger partial charge in [0.05, 0.1) is 0 Å². The zero-order valence-corrected chi connectivity index (χ0v) is 9.32. The molecule has 3 rings (SSSR count).